The molecule has 0 saturated carbocycles. The molecular weight excluding hydrogens is 462 g/mol. The van der Waals surface area contributed by atoms with E-state index >= 15 is 0 Å². The molecule has 0 saturated heterocycles. The van der Waals surface area contributed by atoms with Gasteiger partial charge in [-0.3, -0.25) is 9.71 Å². The van der Waals surface area contributed by atoms with E-state index in [1.807, 2.05) is 68.3 Å². The SMILES string of the molecule is C=C(c1cccc(N=C(N)C(=N[C@H](CC)c2ccc(C)o2)NSO)c1O)N(C)Cc1ccccc1. The smallest absolute Gasteiger partial charge is 0.176 e. The Morgan fingerprint density at radius 2 is 1.91 bits per heavy atom. The lowest BCUT2D eigenvalue weighted by atomic mass is 10.1. The second kappa shape index (κ2) is 12.1. The molecule has 3 aromatic rings. The fraction of sp³-hybridized carbons (Fsp3) is 0.231. The zero-order valence-electron chi connectivity index (χ0n) is 20.1. The maximum atomic E-state index is 11.0. The molecule has 184 valence electrons. The highest BCUT2D eigenvalue weighted by Gasteiger charge is 2.17. The van der Waals surface area contributed by atoms with E-state index in [4.69, 9.17) is 10.2 Å². The zero-order chi connectivity index (χ0) is 25.4. The average Bonchev–Trinajstić information content (AvgIpc) is 3.29. The highest BCUT2D eigenvalue weighted by Crippen LogP contribution is 2.35. The third kappa shape index (κ3) is 6.68. The molecule has 0 aliphatic carbocycles. The van der Waals surface area contributed by atoms with Gasteiger partial charge in [0, 0.05) is 24.9 Å². The zero-order valence-corrected chi connectivity index (χ0v) is 20.9. The van der Waals surface area contributed by atoms with Crippen LogP contribution in [0.4, 0.5) is 5.69 Å². The fourth-order valence-corrected chi connectivity index (χ4v) is 3.77. The summed E-state index contributed by atoms with van der Waals surface area (Å²) in [7, 11) is 1.91. The molecule has 9 heteroatoms. The molecule has 0 amide bonds. The van der Waals surface area contributed by atoms with Crippen molar-refractivity contribution in [3.05, 3.63) is 89.9 Å². The maximum Gasteiger partial charge on any atom is 0.176 e. The van der Waals surface area contributed by atoms with E-state index < -0.39 is 0 Å². The van der Waals surface area contributed by atoms with Crippen molar-refractivity contribution in [3.8, 4) is 5.75 Å². The summed E-state index contributed by atoms with van der Waals surface area (Å²) in [4.78, 5) is 10.9. The number of aromatic hydroxyl groups is 1. The number of phenols is 1. The molecule has 0 fully saturated rings. The first-order valence-electron chi connectivity index (χ1n) is 11.1. The second-order valence-corrected chi connectivity index (χ2v) is 8.39. The first kappa shape index (κ1) is 25.9. The van der Waals surface area contributed by atoms with Gasteiger partial charge in [0.25, 0.3) is 0 Å². The number of furan rings is 1. The molecule has 3 rings (SSSR count). The normalized spacial score (nSPS) is 12.9. The minimum absolute atomic E-state index is 0.00369. The summed E-state index contributed by atoms with van der Waals surface area (Å²) in [5.74, 6) is 1.58. The Morgan fingerprint density at radius 3 is 2.54 bits per heavy atom. The lowest BCUT2D eigenvalue weighted by Gasteiger charge is -2.23. The van der Waals surface area contributed by atoms with Crippen LogP contribution in [0.3, 0.4) is 0 Å². The van der Waals surface area contributed by atoms with Crippen LogP contribution in [0.5, 0.6) is 5.75 Å². The Morgan fingerprint density at radius 1 is 1.17 bits per heavy atom. The number of benzene rings is 2. The molecule has 1 aromatic heterocycles. The monoisotopic (exact) mass is 493 g/mol. The van der Waals surface area contributed by atoms with Gasteiger partial charge in [-0.25, -0.2) is 4.99 Å². The van der Waals surface area contributed by atoms with E-state index in [1.54, 1.807) is 18.2 Å². The second-order valence-electron chi connectivity index (χ2n) is 8.00. The Labute approximate surface area is 210 Å². The van der Waals surface area contributed by atoms with E-state index in [1.165, 1.54) is 0 Å². The van der Waals surface area contributed by atoms with Crippen molar-refractivity contribution in [1.29, 1.82) is 0 Å². The molecule has 0 radical (unpaired) electrons. The highest BCUT2D eigenvalue weighted by molar-refractivity contribution is 7.92. The summed E-state index contributed by atoms with van der Waals surface area (Å²) in [5.41, 5.74) is 8.80. The summed E-state index contributed by atoms with van der Waals surface area (Å²) >= 11 is 0.363. The minimum Gasteiger partial charge on any atom is -0.505 e. The van der Waals surface area contributed by atoms with Crippen LogP contribution in [0.2, 0.25) is 0 Å². The van der Waals surface area contributed by atoms with Crippen LogP contribution in [-0.2, 0) is 6.54 Å². The predicted octanol–water partition coefficient (Wildman–Crippen LogP) is 5.65. The first-order valence-corrected chi connectivity index (χ1v) is 11.9. The molecule has 8 nitrogen and oxygen atoms in total. The summed E-state index contributed by atoms with van der Waals surface area (Å²) < 4.78 is 17.8. The summed E-state index contributed by atoms with van der Waals surface area (Å²) in [6.45, 7) is 8.62. The Balaban J connectivity index is 1.88. The number of rotatable bonds is 9. The van der Waals surface area contributed by atoms with Gasteiger partial charge in [0.15, 0.2) is 17.4 Å². The number of nitrogens with one attached hydrogen (secondary N) is 1. The molecule has 0 bridgehead atoms. The minimum atomic E-state index is -0.321. The van der Waals surface area contributed by atoms with Gasteiger partial charge in [-0.2, -0.15) is 0 Å². The molecule has 0 aliphatic heterocycles. The number of hydrogen-bond acceptors (Lipinski definition) is 7. The van der Waals surface area contributed by atoms with Crippen LogP contribution < -0.4 is 10.5 Å². The number of nitrogens with two attached hydrogens (primary N) is 1. The van der Waals surface area contributed by atoms with Gasteiger partial charge in [-0.1, -0.05) is 49.9 Å². The van der Waals surface area contributed by atoms with Crippen molar-refractivity contribution in [3.63, 3.8) is 0 Å². The highest BCUT2D eigenvalue weighted by atomic mass is 32.2. The van der Waals surface area contributed by atoms with Crippen LogP contribution in [0.25, 0.3) is 5.70 Å². The van der Waals surface area contributed by atoms with E-state index in [0.29, 0.717) is 42.2 Å². The molecule has 2 aromatic carbocycles. The van der Waals surface area contributed by atoms with Gasteiger partial charge in [0.1, 0.15) is 35.5 Å². The number of hydrogen-bond donors (Lipinski definition) is 4. The predicted molar refractivity (Wildman–Crippen MR) is 144 cm³/mol. The number of amidine groups is 2. The van der Waals surface area contributed by atoms with Crippen molar-refractivity contribution in [1.82, 2.24) is 9.62 Å². The van der Waals surface area contributed by atoms with E-state index in [2.05, 4.69) is 21.3 Å². The van der Waals surface area contributed by atoms with Crippen LogP contribution in [0.1, 0.15) is 42.0 Å². The Kier molecular flexibility index (Phi) is 8.99. The molecule has 35 heavy (non-hydrogen) atoms. The summed E-state index contributed by atoms with van der Waals surface area (Å²) in [5, 5.41) is 11.0. The standard InChI is InChI=1S/C26H31N5O3S/c1-5-21(23-15-14-17(2)34-23)29-26(30-35-33)25(27)28-22-13-9-12-20(24(22)32)18(3)31(4)16-19-10-7-6-8-11-19/h6-15,21,32-33H,3,5,16H2,1-2,4H3,(H2,27,28)(H,29,30)/t21-/m1/s1. The van der Waals surface area contributed by atoms with Gasteiger partial charge in [-0.15, -0.1) is 0 Å². The lowest BCUT2D eigenvalue weighted by Crippen LogP contribution is -2.33. The third-order valence-electron chi connectivity index (χ3n) is 5.44. The molecule has 0 unspecified atom stereocenters. The quantitative estimate of drug-likeness (QED) is 0.132. The molecule has 0 spiro atoms. The van der Waals surface area contributed by atoms with Crippen molar-refractivity contribution in [2.45, 2.75) is 32.9 Å². The molecule has 5 N–H and O–H groups in total. The number of phenolic OH excluding ortho intramolecular Hbond substituents is 1. The first-order chi connectivity index (χ1) is 16.8. The van der Waals surface area contributed by atoms with Crippen LogP contribution in [0.15, 0.2) is 81.6 Å². The van der Waals surface area contributed by atoms with Crippen LogP contribution in [0, 0.1) is 6.92 Å². The van der Waals surface area contributed by atoms with E-state index in [9.17, 15) is 9.66 Å². The van der Waals surface area contributed by atoms with Gasteiger partial charge in [0.2, 0.25) is 0 Å². The fourth-order valence-electron chi connectivity index (χ4n) is 3.53. The van der Waals surface area contributed by atoms with Gasteiger partial charge < -0.3 is 24.7 Å². The maximum absolute atomic E-state index is 11.0. The molecule has 1 atom stereocenters. The van der Waals surface area contributed by atoms with E-state index in [0.717, 1.165) is 11.3 Å². The van der Waals surface area contributed by atoms with Crippen molar-refractivity contribution < 1.29 is 14.1 Å². The third-order valence-corrected chi connectivity index (χ3v) is 5.72. The van der Waals surface area contributed by atoms with Crippen molar-refractivity contribution in [2.24, 2.45) is 15.7 Å². The molecule has 0 aliphatic rings. The van der Waals surface area contributed by atoms with Crippen molar-refractivity contribution in [2.75, 3.05) is 7.05 Å². The largest absolute Gasteiger partial charge is 0.505 e. The summed E-state index contributed by atoms with van der Waals surface area (Å²) in [6, 6.07) is 18.6. The molecule has 1 heterocycles. The van der Waals surface area contributed by atoms with Gasteiger partial charge in [0.05, 0.1) is 0 Å². The number of para-hydroxylation sites is 1. The topological polar surface area (TPSA) is 120 Å². The Hall–Kier alpha value is -3.69. The van der Waals surface area contributed by atoms with Crippen LogP contribution in [-0.4, -0.2) is 33.3 Å². The van der Waals surface area contributed by atoms with E-state index in [-0.39, 0.29) is 29.1 Å². The number of nitrogens with zero attached hydrogens (tertiary/aromatic N) is 3. The van der Waals surface area contributed by atoms with Crippen LogP contribution >= 0.6 is 12.2 Å². The number of aryl methyl sites for hydroxylation is 1. The van der Waals surface area contributed by atoms with Gasteiger partial charge in [-0.05, 0) is 43.2 Å². The average molecular weight is 494 g/mol. The molecular formula is C26H31N5O3S. The Bertz CT molecular complexity index is 1210. The van der Waals surface area contributed by atoms with Gasteiger partial charge >= 0.3 is 0 Å². The lowest BCUT2D eigenvalue weighted by molar-refractivity contribution is 0.442. The summed E-state index contributed by atoms with van der Waals surface area (Å²) in [6.07, 6.45) is 0.649. The number of aliphatic imine (C=N–C) groups is 2. The van der Waals surface area contributed by atoms with Crippen molar-refractivity contribution >= 4 is 35.3 Å².